The molecule has 30 heavy (non-hydrogen) atoms. The van der Waals surface area contributed by atoms with Crippen molar-refractivity contribution in [3.63, 3.8) is 0 Å². The van der Waals surface area contributed by atoms with Crippen LogP contribution in [0.1, 0.15) is 15.9 Å². The quantitative estimate of drug-likeness (QED) is 0.311. The number of ether oxygens (including phenoxy) is 2. The Morgan fingerprint density at radius 2 is 1.70 bits per heavy atom. The van der Waals surface area contributed by atoms with E-state index in [1.807, 2.05) is 6.92 Å². The van der Waals surface area contributed by atoms with Gasteiger partial charge in [0.05, 0.1) is 34.8 Å². The van der Waals surface area contributed by atoms with E-state index in [0.717, 1.165) is 9.87 Å². The number of hydrogen-bond donors (Lipinski definition) is 2. The molecule has 0 fully saturated rings. The van der Waals surface area contributed by atoms with Gasteiger partial charge in [0.25, 0.3) is 11.3 Å². The minimum Gasteiger partial charge on any atom is -0.465 e. The molecule has 3 rings (SSSR count). The molecule has 3 N–H and O–H groups in total. The minimum absolute atomic E-state index is 0.0551. The highest BCUT2D eigenvalue weighted by Gasteiger charge is 2.23. The van der Waals surface area contributed by atoms with Gasteiger partial charge in [0.2, 0.25) is 0 Å². The van der Waals surface area contributed by atoms with Crippen LogP contribution in [0.5, 0.6) is 11.5 Å². The van der Waals surface area contributed by atoms with Crippen molar-refractivity contribution in [2.24, 2.45) is 0 Å². The number of carbonyl (C=O) groups excluding carboxylic acids is 1. The van der Waals surface area contributed by atoms with Gasteiger partial charge in [-0.05, 0) is 49.4 Å². The Hall–Kier alpha value is -3.07. The lowest BCUT2D eigenvalue weighted by molar-refractivity contribution is 0.0601. The van der Waals surface area contributed by atoms with Gasteiger partial charge in [0.15, 0.2) is 0 Å². The molecule has 0 spiro atoms. The highest BCUT2D eigenvalue weighted by Crippen LogP contribution is 2.35. The van der Waals surface area contributed by atoms with E-state index in [9.17, 15) is 13.6 Å². The molecule has 0 bridgehead atoms. The van der Waals surface area contributed by atoms with E-state index in [4.69, 9.17) is 26.8 Å². The number of nitrogens with two attached hydrogens (primary N) is 1. The Morgan fingerprint density at radius 1 is 1.07 bits per heavy atom. The molecule has 3 aromatic rings. The van der Waals surface area contributed by atoms with Crippen LogP contribution >= 0.6 is 11.6 Å². The lowest BCUT2D eigenvalue weighted by Gasteiger charge is -2.23. The summed E-state index contributed by atoms with van der Waals surface area (Å²) < 4.78 is 33.8. The van der Waals surface area contributed by atoms with Gasteiger partial charge >= 0.3 is 5.97 Å². The summed E-state index contributed by atoms with van der Waals surface area (Å²) in [6.45, 7) is 1.90. The molecule has 7 nitrogen and oxygen atoms in total. The van der Waals surface area contributed by atoms with Crippen LogP contribution in [0.2, 0.25) is 5.02 Å². The van der Waals surface area contributed by atoms with Gasteiger partial charge in [0, 0.05) is 6.07 Å². The predicted molar refractivity (Wildman–Crippen MR) is 118 cm³/mol. The molecular weight excluding hydrogens is 428 g/mol. The first-order chi connectivity index (χ1) is 14.3. The van der Waals surface area contributed by atoms with Crippen LogP contribution in [0.15, 0.2) is 60.7 Å². The third-order valence-corrected chi connectivity index (χ3v) is 5.27. The molecule has 0 aromatic heterocycles. The van der Waals surface area contributed by atoms with Crippen molar-refractivity contribution in [3.05, 3.63) is 76.8 Å². The van der Waals surface area contributed by atoms with Gasteiger partial charge in [-0.15, -0.1) is 0 Å². The molecule has 0 radical (unpaired) electrons. The first-order valence-corrected chi connectivity index (χ1v) is 10.2. The molecule has 0 saturated heterocycles. The number of aryl methyl sites for hydroxylation is 1. The predicted octanol–water partition coefficient (Wildman–Crippen LogP) is 5.08. The highest BCUT2D eigenvalue weighted by molar-refractivity contribution is 7.81. The van der Waals surface area contributed by atoms with E-state index in [1.165, 1.54) is 19.2 Å². The molecule has 0 heterocycles. The number of halogens is 1. The van der Waals surface area contributed by atoms with Crippen molar-refractivity contribution in [3.8, 4) is 11.5 Å². The molecule has 0 amide bonds. The number of carbonyl (C=O) groups is 1. The Bertz CT molecular complexity index is 1110. The van der Waals surface area contributed by atoms with Crippen molar-refractivity contribution in [2.75, 3.05) is 17.1 Å². The summed E-state index contributed by atoms with van der Waals surface area (Å²) in [6, 6.07) is 16.3. The van der Waals surface area contributed by atoms with Crippen molar-refractivity contribution in [1.29, 1.82) is 0 Å². The van der Waals surface area contributed by atoms with Crippen LogP contribution < -0.4 is 14.8 Å². The summed E-state index contributed by atoms with van der Waals surface area (Å²) in [5.74, 6) is 0.0415. The topological polar surface area (TPSA) is 102 Å². The lowest BCUT2D eigenvalue weighted by atomic mass is 10.1. The van der Waals surface area contributed by atoms with E-state index >= 15 is 0 Å². The SMILES string of the molecule is COC(=O)c1cc(Oc2ccc(N)c(Cl)c2)ccc1N(c1ccc(C)cc1)S(=O)O. The normalized spacial score (nSPS) is 11.6. The molecular formula is C21H19ClN2O5S. The summed E-state index contributed by atoms with van der Waals surface area (Å²) in [7, 11) is 1.23. The van der Waals surface area contributed by atoms with E-state index in [2.05, 4.69) is 0 Å². The third kappa shape index (κ3) is 4.73. The lowest BCUT2D eigenvalue weighted by Crippen LogP contribution is -2.22. The second kappa shape index (κ2) is 9.17. The fourth-order valence-electron chi connectivity index (χ4n) is 2.73. The number of nitrogens with zero attached hydrogens (tertiary/aromatic N) is 1. The van der Waals surface area contributed by atoms with Gasteiger partial charge in [0.1, 0.15) is 11.5 Å². The number of anilines is 3. The zero-order valence-corrected chi connectivity index (χ0v) is 17.7. The maximum atomic E-state index is 12.4. The first kappa shape index (κ1) is 21.6. The van der Waals surface area contributed by atoms with Gasteiger partial charge in [-0.1, -0.05) is 29.3 Å². The van der Waals surface area contributed by atoms with Crippen LogP contribution in [-0.2, 0) is 16.0 Å². The molecule has 9 heteroatoms. The molecule has 0 saturated carbocycles. The Morgan fingerprint density at radius 3 is 2.30 bits per heavy atom. The fourth-order valence-corrected chi connectivity index (χ4v) is 3.53. The number of benzene rings is 3. The zero-order valence-electron chi connectivity index (χ0n) is 16.2. The second-order valence-corrected chi connectivity index (χ2v) is 7.55. The van der Waals surface area contributed by atoms with Crippen LogP contribution in [-0.4, -0.2) is 21.8 Å². The molecule has 1 atom stereocenters. The maximum absolute atomic E-state index is 12.4. The summed E-state index contributed by atoms with van der Waals surface area (Å²) >= 11 is 3.58. The van der Waals surface area contributed by atoms with Gasteiger partial charge in [-0.2, -0.15) is 0 Å². The Kier molecular flexibility index (Phi) is 6.61. The van der Waals surface area contributed by atoms with E-state index in [-0.39, 0.29) is 11.3 Å². The second-order valence-electron chi connectivity index (χ2n) is 6.32. The van der Waals surface area contributed by atoms with Gasteiger partial charge in [-0.3, -0.25) is 4.55 Å². The van der Waals surface area contributed by atoms with Crippen LogP contribution in [0, 0.1) is 6.92 Å². The van der Waals surface area contributed by atoms with Gasteiger partial charge in [-0.25, -0.2) is 13.3 Å². The average Bonchev–Trinajstić information content (AvgIpc) is 2.72. The van der Waals surface area contributed by atoms with Gasteiger partial charge < -0.3 is 15.2 Å². The molecule has 0 aliphatic carbocycles. The molecule has 1 unspecified atom stereocenters. The smallest absolute Gasteiger partial charge is 0.340 e. The molecule has 3 aromatic carbocycles. The van der Waals surface area contributed by atoms with E-state index < -0.39 is 17.2 Å². The van der Waals surface area contributed by atoms with Crippen molar-refractivity contribution in [1.82, 2.24) is 0 Å². The van der Waals surface area contributed by atoms with Crippen LogP contribution in [0.25, 0.3) is 0 Å². The summed E-state index contributed by atoms with van der Waals surface area (Å²) in [6.07, 6.45) is 0. The summed E-state index contributed by atoms with van der Waals surface area (Å²) in [4.78, 5) is 12.4. The number of hydrogen-bond acceptors (Lipinski definition) is 5. The summed E-state index contributed by atoms with van der Waals surface area (Å²) in [5.41, 5.74) is 7.78. The van der Waals surface area contributed by atoms with Crippen LogP contribution in [0.3, 0.4) is 0 Å². The molecule has 156 valence electrons. The summed E-state index contributed by atoms with van der Waals surface area (Å²) in [5, 5.41) is 0.332. The van der Waals surface area contributed by atoms with E-state index in [1.54, 1.807) is 48.5 Å². The number of nitrogen functional groups attached to an aromatic ring is 1. The maximum Gasteiger partial charge on any atom is 0.340 e. The molecule has 0 aliphatic heterocycles. The Labute approximate surface area is 181 Å². The number of rotatable bonds is 6. The van der Waals surface area contributed by atoms with Crippen molar-refractivity contribution < 1.29 is 23.0 Å². The van der Waals surface area contributed by atoms with Crippen molar-refractivity contribution in [2.45, 2.75) is 6.92 Å². The minimum atomic E-state index is -2.44. The average molecular weight is 447 g/mol. The standard InChI is InChI=1S/C21H19ClN2O5S/c1-13-3-5-14(6-4-13)24(30(26)27)20-10-8-15(11-17(20)21(25)28-2)29-16-7-9-19(23)18(22)12-16/h3-12H,23H2,1-2H3,(H,26,27). The largest absolute Gasteiger partial charge is 0.465 e. The zero-order chi connectivity index (χ0) is 21.8. The van der Waals surface area contributed by atoms with Crippen molar-refractivity contribution >= 4 is 45.9 Å². The number of esters is 1. The molecule has 0 aliphatic rings. The number of methoxy groups -OCH3 is 1. The van der Waals surface area contributed by atoms with E-state index in [0.29, 0.717) is 27.9 Å². The van der Waals surface area contributed by atoms with Crippen LogP contribution in [0.4, 0.5) is 17.1 Å². The monoisotopic (exact) mass is 446 g/mol. The highest BCUT2D eigenvalue weighted by atomic mass is 35.5. The third-order valence-electron chi connectivity index (χ3n) is 4.22. The first-order valence-electron chi connectivity index (χ1n) is 8.73. The fraction of sp³-hybridized carbons (Fsp3) is 0.0952. The Balaban J connectivity index is 2.05.